The first kappa shape index (κ1) is 16.1. The van der Waals surface area contributed by atoms with Gasteiger partial charge < -0.3 is 10.2 Å². The summed E-state index contributed by atoms with van der Waals surface area (Å²) in [7, 11) is 0. The van der Waals surface area contributed by atoms with Crippen molar-refractivity contribution in [1.29, 1.82) is 0 Å². The zero-order chi connectivity index (χ0) is 16.7. The lowest BCUT2D eigenvalue weighted by atomic mass is 9.41. The van der Waals surface area contributed by atoms with Gasteiger partial charge in [0, 0.05) is 0 Å². The number of fused-ring (bicyclic) bond motifs is 5. The Morgan fingerprint density at radius 3 is 2.35 bits per heavy atom. The first-order chi connectivity index (χ1) is 10.6. The predicted molar refractivity (Wildman–Crippen MR) is 92.9 cm³/mol. The highest BCUT2D eigenvalue weighted by Gasteiger charge is 2.63. The second kappa shape index (κ2) is 4.64. The summed E-state index contributed by atoms with van der Waals surface area (Å²) in [6, 6.07) is 0. The number of rotatable bonds is 0. The van der Waals surface area contributed by atoms with E-state index in [9.17, 15) is 10.2 Å². The van der Waals surface area contributed by atoms with Gasteiger partial charge in [-0.2, -0.15) is 0 Å². The molecule has 0 heterocycles. The molecule has 4 aliphatic rings. The van der Waals surface area contributed by atoms with Crippen LogP contribution in [-0.2, 0) is 0 Å². The molecule has 0 spiro atoms. The zero-order valence-electron chi connectivity index (χ0n) is 15.3. The Morgan fingerprint density at radius 2 is 1.61 bits per heavy atom. The third-order valence-corrected chi connectivity index (χ3v) is 9.02. The third kappa shape index (κ3) is 2.00. The van der Waals surface area contributed by atoms with Crippen LogP contribution in [0.1, 0.15) is 72.6 Å². The van der Waals surface area contributed by atoms with Crippen molar-refractivity contribution in [2.24, 2.45) is 34.0 Å². The highest BCUT2D eigenvalue weighted by Crippen LogP contribution is 2.69. The van der Waals surface area contributed by atoms with Gasteiger partial charge in [0.2, 0.25) is 0 Å². The first-order valence-electron chi connectivity index (χ1n) is 9.72. The molecule has 3 fully saturated rings. The fraction of sp³-hybridized carbons (Fsp3) is 0.905. The molecule has 4 aliphatic carbocycles. The largest absolute Gasteiger partial charge is 0.393 e. The summed E-state index contributed by atoms with van der Waals surface area (Å²) >= 11 is 0. The maximum atomic E-state index is 10.6. The standard InChI is InChI=1S/C21H34O2/c1-18-9-7-14-15-5-6-17(22)20(15,3)10-8-16(14)21(18,4)12-11-19(2,23)13-18/h11-12,14-17,22-23H,5-10,13H2,1-4H3/t14-,15-,16-,17-,18+,19-,20+,21-/m1/s1. The SMILES string of the molecule is C[C@]12CC[C@@H]3[C@H](CC[C@@]4(C)C[C@](C)(O)C=C[C@]34C)[C@H]1CC[C@H]2O. The minimum absolute atomic E-state index is 0.0859. The summed E-state index contributed by atoms with van der Waals surface area (Å²) in [6.07, 6.45) is 12.4. The number of hydrogen-bond acceptors (Lipinski definition) is 2. The highest BCUT2D eigenvalue weighted by atomic mass is 16.3. The molecule has 0 saturated heterocycles. The topological polar surface area (TPSA) is 40.5 Å². The second-order valence-corrected chi connectivity index (χ2v) is 10.3. The van der Waals surface area contributed by atoms with Crippen LogP contribution >= 0.6 is 0 Å². The van der Waals surface area contributed by atoms with Crippen LogP contribution in [0.4, 0.5) is 0 Å². The summed E-state index contributed by atoms with van der Waals surface area (Å²) in [5.41, 5.74) is -0.0760. The van der Waals surface area contributed by atoms with Crippen LogP contribution in [-0.4, -0.2) is 21.9 Å². The van der Waals surface area contributed by atoms with Crippen LogP contribution in [0.3, 0.4) is 0 Å². The van der Waals surface area contributed by atoms with Gasteiger partial charge >= 0.3 is 0 Å². The summed E-state index contributed by atoms with van der Waals surface area (Å²) in [4.78, 5) is 0. The molecule has 2 N–H and O–H groups in total. The van der Waals surface area contributed by atoms with E-state index in [1.807, 2.05) is 6.92 Å². The maximum absolute atomic E-state index is 10.6. The van der Waals surface area contributed by atoms with Gasteiger partial charge in [0.15, 0.2) is 0 Å². The van der Waals surface area contributed by atoms with E-state index in [-0.39, 0.29) is 22.3 Å². The molecule has 2 heteroatoms. The Morgan fingerprint density at radius 1 is 0.870 bits per heavy atom. The van der Waals surface area contributed by atoms with Gasteiger partial charge in [0.05, 0.1) is 11.7 Å². The van der Waals surface area contributed by atoms with Crippen molar-refractivity contribution in [3.05, 3.63) is 12.2 Å². The molecule has 2 nitrogen and oxygen atoms in total. The summed E-state index contributed by atoms with van der Waals surface area (Å²) in [5.74, 6) is 2.18. The predicted octanol–water partition coefficient (Wildman–Crippen LogP) is 4.31. The molecule has 0 amide bonds. The van der Waals surface area contributed by atoms with Crippen LogP contribution in [0.25, 0.3) is 0 Å². The summed E-state index contributed by atoms with van der Waals surface area (Å²) < 4.78 is 0. The molecule has 0 aliphatic heterocycles. The minimum Gasteiger partial charge on any atom is -0.393 e. The monoisotopic (exact) mass is 318 g/mol. The van der Waals surface area contributed by atoms with Gasteiger partial charge in [0.1, 0.15) is 0 Å². The molecular formula is C21H34O2. The Labute approximate surface area is 141 Å². The maximum Gasteiger partial charge on any atom is 0.0805 e. The van der Waals surface area contributed by atoms with E-state index in [0.717, 1.165) is 24.7 Å². The molecular weight excluding hydrogens is 284 g/mol. The van der Waals surface area contributed by atoms with Crippen molar-refractivity contribution in [1.82, 2.24) is 0 Å². The van der Waals surface area contributed by atoms with E-state index in [1.54, 1.807) is 0 Å². The Hall–Kier alpha value is -0.340. The van der Waals surface area contributed by atoms with E-state index in [0.29, 0.717) is 5.92 Å². The molecule has 0 aromatic heterocycles. The molecule has 0 bridgehead atoms. The van der Waals surface area contributed by atoms with Crippen LogP contribution < -0.4 is 0 Å². The fourth-order valence-corrected chi connectivity index (χ4v) is 7.41. The summed E-state index contributed by atoms with van der Waals surface area (Å²) in [6.45, 7) is 9.19. The Balaban J connectivity index is 1.72. The van der Waals surface area contributed by atoms with E-state index in [4.69, 9.17) is 0 Å². The minimum atomic E-state index is -0.645. The number of allylic oxidation sites excluding steroid dienone is 1. The van der Waals surface area contributed by atoms with E-state index in [1.165, 1.54) is 32.1 Å². The number of aliphatic hydroxyl groups is 2. The van der Waals surface area contributed by atoms with Crippen LogP contribution in [0, 0.1) is 34.0 Å². The lowest BCUT2D eigenvalue weighted by Crippen LogP contribution is -2.58. The summed E-state index contributed by atoms with van der Waals surface area (Å²) in [5, 5.41) is 21.1. The first-order valence-corrected chi connectivity index (χ1v) is 9.72. The number of hydrogen-bond donors (Lipinski definition) is 2. The van der Waals surface area contributed by atoms with Crippen molar-refractivity contribution in [2.75, 3.05) is 0 Å². The molecule has 0 aromatic carbocycles. The quantitative estimate of drug-likeness (QED) is 0.654. The van der Waals surface area contributed by atoms with Crippen molar-refractivity contribution < 1.29 is 10.2 Å². The smallest absolute Gasteiger partial charge is 0.0805 e. The lowest BCUT2D eigenvalue weighted by Gasteiger charge is -2.64. The highest BCUT2D eigenvalue weighted by molar-refractivity contribution is 5.23. The second-order valence-electron chi connectivity index (χ2n) is 10.3. The zero-order valence-corrected chi connectivity index (χ0v) is 15.3. The molecule has 130 valence electrons. The Kier molecular flexibility index (Phi) is 3.25. The normalized spacial score (nSPS) is 61.7. The van der Waals surface area contributed by atoms with Crippen LogP contribution in [0.5, 0.6) is 0 Å². The van der Waals surface area contributed by atoms with Gasteiger partial charge in [-0.15, -0.1) is 0 Å². The van der Waals surface area contributed by atoms with Crippen molar-refractivity contribution in [3.63, 3.8) is 0 Å². The molecule has 3 saturated carbocycles. The lowest BCUT2D eigenvalue weighted by molar-refractivity contribution is -0.142. The molecule has 4 rings (SSSR count). The van der Waals surface area contributed by atoms with Crippen molar-refractivity contribution in [3.8, 4) is 0 Å². The van der Waals surface area contributed by atoms with Gasteiger partial charge in [-0.25, -0.2) is 0 Å². The molecule has 0 unspecified atom stereocenters. The fourth-order valence-electron chi connectivity index (χ4n) is 7.41. The average molecular weight is 319 g/mol. The van der Waals surface area contributed by atoms with Gasteiger partial charge in [-0.1, -0.05) is 32.9 Å². The van der Waals surface area contributed by atoms with Crippen molar-refractivity contribution in [2.45, 2.75) is 84.3 Å². The van der Waals surface area contributed by atoms with Gasteiger partial charge in [0.25, 0.3) is 0 Å². The van der Waals surface area contributed by atoms with E-state index < -0.39 is 5.60 Å². The molecule has 23 heavy (non-hydrogen) atoms. The van der Waals surface area contributed by atoms with Gasteiger partial charge in [-0.05, 0) is 85.9 Å². The molecule has 8 atom stereocenters. The molecule has 0 aromatic rings. The van der Waals surface area contributed by atoms with Gasteiger partial charge in [-0.3, -0.25) is 0 Å². The Bertz CT molecular complexity index is 538. The third-order valence-electron chi connectivity index (χ3n) is 9.02. The van der Waals surface area contributed by atoms with E-state index >= 15 is 0 Å². The van der Waals surface area contributed by atoms with Crippen LogP contribution in [0.15, 0.2) is 12.2 Å². The van der Waals surface area contributed by atoms with Crippen LogP contribution in [0.2, 0.25) is 0 Å². The van der Waals surface area contributed by atoms with E-state index in [2.05, 4.69) is 32.9 Å². The average Bonchev–Trinajstić information content (AvgIpc) is 2.76. The molecule has 0 radical (unpaired) electrons. The number of aliphatic hydroxyl groups excluding tert-OH is 1. The van der Waals surface area contributed by atoms with Crippen molar-refractivity contribution >= 4 is 0 Å².